The lowest BCUT2D eigenvalue weighted by molar-refractivity contribution is -0.143. The predicted molar refractivity (Wildman–Crippen MR) is 68.8 cm³/mol. The number of aliphatic carboxylic acids is 1. The van der Waals surface area contributed by atoms with Gasteiger partial charge in [-0.25, -0.2) is 0 Å². The van der Waals surface area contributed by atoms with Crippen LogP contribution >= 0.6 is 0 Å². The molecule has 7 heteroatoms. The van der Waals surface area contributed by atoms with Crippen LogP contribution in [0.1, 0.15) is 37.4 Å². The Morgan fingerprint density at radius 2 is 2.25 bits per heavy atom. The zero-order valence-electron chi connectivity index (χ0n) is 11.5. The van der Waals surface area contributed by atoms with Crippen molar-refractivity contribution in [3.05, 3.63) is 11.7 Å². The van der Waals surface area contributed by atoms with Gasteiger partial charge in [-0.1, -0.05) is 11.6 Å². The van der Waals surface area contributed by atoms with Crippen molar-refractivity contribution in [1.29, 1.82) is 0 Å². The minimum atomic E-state index is -0.761. The molecule has 1 fully saturated rings. The molecule has 0 aliphatic heterocycles. The van der Waals surface area contributed by atoms with Crippen molar-refractivity contribution < 1.29 is 19.2 Å². The number of nitrogens with zero attached hydrogens (tertiary/aromatic N) is 2. The Morgan fingerprint density at radius 3 is 2.90 bits per heavy atom. The fourth-order valence-electron chi connectivity index (χ4n) is 2.60. The van der Waals surface area contributed by atoms with Crippen LogP contribution in [0, 0.1) is 18.8 Å². The van der Waals surface area contributed by atoms with Crippen molar-refractivity contribution in [2.45, 2.75) is 39.0 Å². The first kappa shape index (κ1) is 14.5. The minimum Gasteiger partial charge on any atom is -0.481 e. The van der Waals surface area contributed by atoms with Crippen LogP contribution in [0.5, 0.6) is 0 Å². The molecular weight excluding hydrogens is 262 g/mol. The first-order valence-corrected chi connectivity index (χ1v) is 6.85. The molecule has 1 heterocycles. The van der Waals surface area contributed by atoms with E-state index >= 15 is 0 Å². The number of aryl methyl sites for hydroxylation is 2. The molecule has 2 atom stereocenters. The highest BCUT2D eigenvalue weighted by atomic mass is 16.5. The molecule has 20 heavy (non-hydrogen) atoms. The molecule has 2 rings (SSSR count). The van der Waals surface area contributed by atoms with Gasteiger partial charge in [0.15, 0.2) is 5.82 Å². The standard InChI is InChI=1S/C13H19N3O4/c1-8-15-12(20-16-8)6-5-11(17)14-7-9-3-2-4-10(9)13(18)19/h9-10H,2-7H2,1H3,(H,14,17)(H,18,19). The minimum absolute atomic E-state index is 0.0436. The second kappa shape index (κ2) is 6.49. The van der Waals surface area contributed by atoms with E-state index in [9.17, 15) is 9.59 Å². The van der Waals surface area contributed by atoms with Crippen molar-refractivity contribution in [2.24, 2.45) is 11.8 Å². The number of hydrogen-bond donors (Lipinski definition) is 2. The first-order valence-electron chi connectivity index (χ1n) is 6.85. The highest BCUT2D eigenvalue weighted by Crippen LogP contribution is 2.31. The lowest BCUT2D eigenvalue weighted by atomic mass is 9.96. The number of rotatable bonds is 6. The molecule has 1 amide bonds. The number of carbonyl (C=O) groups is 2. The van der Waals surface area contributed by atoms with Gasteiger partial charge in [0, 0.05) is 19.4 Å². The molecule has 1 saturated carbocycles. The monoisotopic (exact) mass is 281 g/mol. The Hall–Kier alpha value is -1.92. The van der Waals surface area contributed by atoms with Gasteiger partial charge in [-0.15, -0.1) is 0 Å². The highest BCUT2D eigenvalue weighted by molar-refractivity contribution is 5.76. The van der Waals surface area contributed by atoms with Crippen LogP contribution in [-0.2, 0) is 16.0 Å². The lowest BCUT2D eigenvalue weighted by Crippen LogP contribution is -2.33. The Kier molecular flexibility index (Phi) is 4.70. The third-order valence-electron chi connectivity index (χ3n) is 3.67. The van der Waals surface area contributed by atoms with Crippen molar-refractivity contribution in [3.8, 4) is 0 Å². The Labute approximate surface area is 116 Å². The summed E-state index contributed by atoms with van der Waals surface area (Å²) >= 11 is 0. The summed E-state index contributed by atoms with van der Waals surface area (Å²) in [5.41, 5.74) is 0. The molecule has 2 unspecified atom stereocenters. The van der Waals surface area contributed by atoms with Gasteiger partial charge >= 0.3 is 5.97 Å². The molecule has 0 bridgehead atoms. The molecule has 0 spiro atoms. The Morgan fingerprint density at radius 1 is 1.45 bits per heavy atom. The SMILES string of the molecule is Cc1noc(CCC(=O)NCC2CCCC2C(=O)O)n1. The quantitative estimate of drug-likeness (QED) is 0.803. The maximum atomic E-state index is 11.7. The van der Waals surface area contributed by atoms with Gasteiger partial charge in [-0.2, -0.15) is 4.98 Å². The fraction of sp³-hybridized carbons (Fsp3) is 0.692. The van der Waals surface area contributed by atoms with E-state index < -0.39 is 5.97 Å². The fourth-order valence-corrected chi connectivity index (χ4v) is 2.60. The van der Waals surface area contributed by atoms with Crippen LogP contribution in [-0.4, -0.2) is 33.7 Å². The average molecular weight is 281 g/mol. The summed E-state index contributed by atoms with van der Waals surface area (Å²) in [6.45, 7) is 2.15. The van der Waals surface area contributed by atoms with E-state index in [-0.39, 0.29) is 24.2 Å². The van der Waals surface area contributed by atoms with Crippen molar-refractivity contribution in [3.63, 3.8) is 0 Å². The Bertz CT molecular complexity index is 486. The summed E-state index contributed by atoms with van der Waals surface area (Å²) < 4.78 is 4.92. The summed E-state index contributed by atoms with van der Waals surface area (Å²) in [7, 11) is 0. The molecular formula is C13H19N3O4. The third kappa shape index (κ3) is 3.79. The van der Waals surface area contributed by atoms with Gasteiger partial charge in [-0.3, -0.25) is 9.59 Å². The Balaban J connectivity index is 1.71. The molecule has 110 valence electrons. The summed E-state index contributed by atoms with van der Waals surface area (Å²) in [6.07, 6.45) is 3.15. The molecule has 0 radical (unpaired) electrons. The summed E-state index contributed by atoms with van der Waals surface area (Å²) in [5, 5.41) is 15.5. The van der Waals surface area contributed by atoms with Crippen LogP contribution in [0.3, 0.4) is 0 Å². The van der Waals surface area contributed by atoms with Crippen molar-refractivity contribution in [1.82, 2.24) is 15.5 Å². The molecule has 2 N–H and O–H groups in total. The van der Waals surface area contributed by atoms with E-state index in [1.165, 1.54) is 0 Å². The third-order valence-corrected chi connectivity index (χ3v) is 3.67. The summed E-state index contributed by atoms with van der Waals surface area (Å²) in [5.74, 6) is -0.159. The highest BCUT2D eigenvalue weighted by Gasteiger charge is 2.32. The normalized spacial score (nSPS) is 21.9. The van der Waals surface area contributed by atoms with Crippen LogP contribution in [0.2, 0.25) is 0 Å². The maximum Gasteiger partial charge on any atom is 0.306 e. The molecule has 1 aromatic heterocycles. The lowest BCUT2D eigenvalue weighted by Gasteiger charge is -2.16. The topological polar surface area (TPSA) is 105 Å². The predicted octanol–water partition coefficient (Wildman–Crippen LogP) is 0.928. The zero-order chi connectivity index (χ0) is 14.5. The van der Waals surface area contributed by atoms with Gasteiger partial charge in [0.05, 0.1) is 5.92 Å². The molecule has 0 aromatic carbocycles. The van der Waals surface area contributed by atoms with Crippen molar-refractivity contribution >= 4 is 11.9 Å². The van der Waals surface area contributed by atoms with E-state index in [4.69, 9.17) is 9.63 Å². The molecule has 7 nitrogen and oxygen atoms in total. The molecule has 1 aliphatic rings. The number of carbonyl (C=O) groups excluding carboxylic acids is 1. The van der Waals surface area contributed by atoms with E-state index in [2.05, 4.69) is 15.5 Å². The van der Waals surface area contributed by atoms with Gasteiger partial charge in [-0.05, 0) is 25.7 Å². The second-order valence-electron chi connectivity index (χ2n) is 5.18. The smallest absolute Gasteiger partial charge is 0.306 e. The van der Waals surface area contributed by atoms with E-state index in [0.717, 1.165) is 12.8 Å². The molecule has 1 aliphatic carbocycles. The van der Waals surface area contributed by atoms with Gasteiger partial charge in [0.25, 0.3) is 0 Å². The number of amides is 1. The maximum absolute atomic E-state index is 11.7. The van der Waals surface area contributed by atoms with Crippen LogP contribution in [0.4, 0.5) is 0 Å². The van der Waals surface area contributed by atoms with Gasteiger partial charge in [0.2, 0.25) is 11.8 Å². The number of carboxylic acids is 1. The van der Waals surface area contributed by atoms with Crippen LogP contribution < -0.4 is 5.32 Å². The van der Waals surface area contributed by atoms with Crippen molar-refractivity contribution in [2.75, 3.05) is 6.54 Å². The van der Waals surface area contributed by atoms with E-state index in [1.807, 2.05) is 0 Å². The summed E-state index contributed by atoms with van der Waals surface area (Å²) in [4.78, 5) is 26.8. The first-order chi connectivity index (χ1) is 9.56. The molecule has 0 saturated heterocycles. The number of nitrogens with one attached hydrogen (secondary N) is 1. The molecule has 1 aromatic rings. The largest absolute Gasteiger partial charge is 0.481 e. The van der Waals surface area contributed by atoms with Crippen LogP contribution in [0.15, 0.2) is 4.52 Å². The van der Waals surface area contributed by atoms with Gasteiger partial charge in [0.1, 0.15) is 0 Å². The number of hydrogen-bond acceptors (Lipinski definition) is 5. The number of carboxylic acid groups (broad SMARTS) is 1. The van der Waals surface area contributed by atoms with E-state index in [0.29, 0.717) is 31.1 Å². The zero-order valence-corrected chi connectivity index (χ0v) is 11.5. The average Bonchev–Trinajstić information content (AvgIpc) is 3.02. The second-order valence-corrected chi connectivity index (χ2v) is 5.18. The van der Waals surface area contributed by atoms with Gasteiger partial charge < -0.3 is 14.9 Å². The summed E-state index contributed by atoms with van der Waals surface area (Å²) in [6, 6.07) is 0. The number of aromatic nitrogens is 2. The van der Waals surface area contributed by atoms with E-state index in [1.54, 1.807) is 6.92 Å². The van der Waals surface area contributed by atoms with Crippen LogP contribution in [0.25, 0.3) is 0 Å².